The third-order valence-corrected chi connectivity index (χ3v) is 11.4. The van der Waals surface area contributed by atoms with E-state index in [9.17, 15) is 14.4 Å². The Bertz CT molecular complexity index is 1990. The number of halogens is 3. The van der Waals surface area contributed by atoms with Crippen molar-refractivity contribution < 1.29 is 18.3 Å². The van der Waals surface area contributed by atoms with Crippen molar-refractivity contribution in [1.29, 1.82) is 5.26 Å². The molecule has 2 unspecified atom stereocenters. The molecule has 0 saturated carbocycles. The van der Waals surface area contributed by atoms with Gasteiger partial charge < -0.3 is 20.3 Å². The van der Waals surface area contributed by atoms with Crippen molar-refractivity contribution in [1.82, 2.24) is 19.8 Å². The lowest BCUT2D eigenvalue weighted by atomic mass is 9.95. The first-order chi connectivity index (χ1) is 22.6. The molecule has 0 radical (unpaired) electrons. The van der Waals surface area contributed by atoms with E-state index in [1.165, 1.54) is 18.2 Å². The van der Waals surface area contributed by atoms with Crippen molar-refractivity contribution in [3.63, 3.8) is 0 Å². The van der Waals surface area contributed by atoms with E-state index in [2.05, 4.69) is 16.5 Å². The number of ether oxygens (including phenoxy) is 1. The Morgan fingerprint density at radius 3 is 2.68 bits per heavy atom. The third-order valence-electron chi connectivity index (χ3n) is 10.0. The SMILES string of the molecule is C=CC(=O)N1CC(C)N(c2nc(OCC34CCCN3CCC4)nc3c(F)c(-c4ccc(F)c5sc(N)c(C#N)c45)c(Cl)cc23)CC1C. The number of piperazine rings is 1. The van der Waals surface area contributed by atoms with Gasteiger partial charge in [-0.3, -0.25) is 9.69 Å². The average Bonchev–Trinajstić information content (AvgIpc) is 3.74. The van der Waals surface area contributed by atoms with Crippen LogP contribution < -0.4 is 15.4 Å². The molecule has 3 aliphatic rings. The first kappa shape index (κ1) is 31.5. The summed E-state index contributed by atoms with van der Waals surface area (Å²) in [5, 5.41) is 10.6. The monoisotopic (exact) mass is 677 g/mol. The molecule has 1 amide bonds. The minimum atomic E-state index is -0.745. The summed E-state index contributed by atoms with van der Waals surface area (Å²) in [7, 11) is 0. The Kier molecular flexibility index (Phi) is 7.97. The number of aromatic nitrogens is 2. The number of benzene rings is 2. The molecule has 9 nitrogen and oxygen atoms in total. The summed E-state index contributed by atoms with van der Waals surface area (Å²) in [5.74, 6) is -1.03. The highest BCUT2D eigenvalue weighted by Crippen LogP contribution is 2.46. The van der Waals surface area contributed by atoms with Crippen LogP contribution in [0.2, 0.25) is 5.02 Å². The van der Waals surface area contributed by atoms with Gasteiger partial charge in [0.1, 0.15) is 34.8 Å². The second-order valence-corrected chi connectivity index (χ2v) is 14.2. The molecule has 2 atom stereocenters. The third kappa shape index (κ3) is 5.07. The van der Waals surface area contributed by atoms with E-state index in [0.29, 0.717) is 30.9 Å². The minimum Gasteiger partial charge on any atom is -0.461 e. The first-order valence-electron chi connectivity index (χ1n) is 15.7. The van der Waals surface area contributed by atoms with Crippen LogP contribution in [0.1, 0.15) is 45.1 Å². The van der Waals surface area contributed by atoms with Crippen LogP contribution in [-0.2, 0) is 4.79 Å². The number of thiophene rings is 1. The summed E-state index contributed by atoms with van der Waals surface area (Å²) in [6.07, 6.45) is 5.52. The lowest BCUT2D eigenvalue weighted by Crippen LogP contribution is -2.58. The molecular formula is C34H34ClF2N7O2S. The Labute approximate surface area is 280 Å². The molecule has 3 saturated heterocycles. The summed E-state index contributed by atoms with van der Waals surface area (Å²) in [4.78, 5) is 28.3. The van der Waals surface area contributed by atoms with Crippen LogP contribution >= 0.6 is 22.9 Å². The second kappa shape index (κ2) is 11.9. The van der Waals surface area contributed by atoms with E-state index in [1.807, 2.05) is 24.8 Å². The fraction of sp³-hybridized carbons (Fsp3) is 0.412. The van der Waals surface area contributed by atoms with Gasteiger partial charge in [-0.25, -0.2) is 8.78 Å². The fourth-order valence-electron chi connectivity index (χ4n) is 7.70. The summed E-state index contributed by atoms with van der Waals surface area (Å²) < 4.78 is 38.4. The molecule has 7 rings (SSSR count). The highest BCUT2D eigenvalue weighted by molar-refractivity contribution is 7.23. The van der Waals surface area contributed by atoms with Crippen LogP contribution in [0.3, 0.4) is 0 Å². The molecule has 4 aromatic rings. The van der Waals surface area contributed by atoms with Gasteiger partial charge in [0.25, 0.3) is 0 Å². The largest absolute Gasteiger partial charge is 0.461 e. The zero-order valence-electron chi connectivity index (χ0n) is 26.2. The number of carbonyl (C=O) groups excluding carboxylic acids is 1. The molecular weight excluding hydrogens is 644 g/mol. The van der Waals surface area contributed by atoms with Crippen LogP contribution in [0, 0.1) is 23.0 Å². The Balaban J connectivity index is 1.40. The minimum absolute atomic E-state index is 0.0137. The quantitative estimate of drug-likeness (QED) is 0.230. The van der Waals surface area contributed by atoms with Crippen LogP contribution in [0.25, 0.3) is 32.1 Å². The Morgan fingerprint density at radius 1 is 1.23 bits per heavy atom. The van der Waals surface area contributed by atoms with E-state index in [4.69, 9.17) is 27.1 Å². The molecule has 3 aliphatic heterocycles. The number of fused-ring (bicyclic) bond motifs is 3. The normalized spacial score (nSPS) is 20.9. The number of amides is 1. The number of nitriles is 1. The molecule has 5 heterocycles. The second-order valence-electron chi connectivity index (χ2n) is 12.8. The smallest absolute Gasteiger partial charge is 0.319 e. The van der Waals surface area contributed by atoms with Gasteiger partial charge in [-0.15, -0.1) is 11.3 Å². The number of nitrogens with two attached hydrogens (primary N) is 1. The maximum absolute atomic E-state index is 17.0. The summed E-state index contributed by atoms with van der Waals surface area (Å²) in [5.41, 5.74) is 6.26. The van der Waals surface area contributed by atoms with Crippen molar-refractivity contribution in [2.24, 2.45) is 0 Å². The summed E-state index contributed by atoms with van der Waals surface area (Å²) >= 11 is 7.80. The van der Waals surface area contributed by atoms with Gasteiger partial charge in [0.15, 0.2) is 5.82 Å². The number of rotatable bonds is 6. The van der Waals surface area contributed by atoms with Crippen LogP contribution in [0.15, 0.2) is 30.9 Å². The number of anilines is 2. The van der Waals surface area contributed by atoms with Crippen molar-refractivity contribution >= 4 is 60.7 Å². The molecule has 0 spiro atoms. The molecule has 2 aromatic carbocycles. The lowest BCUT2D eigenvalue weighted by Gasteiger charge is -2.44. The maximum Gasteiger partial charge on any atom is 0.319 e. The van der Waals surface area contributed by atoms with Crippen molar-refractivity contribution in [3.8, 4) is 23.2 Å². The van der Waals surface area contributed by atoms with Gasteiger partial charge >= 0.3 is 6.01 Å². The Hall–Kier alpha value is -4.05. The van der Waals surface area contributed by atoms with E-state index in [-0.39, 0.29) is 71.9 Å². The van der Waals surface area contributed by atoms with Crippen molar-refractivity contribution in [2.45, 2.75) is 57.2 Å². The van der Waals surface area contributed by atoms with Gasteiger partial charge in [0.05, 0.1) is 20.8 Å². The molecule has 13 heteroatoms. The number of carbonyl (C=O) groups is 1. The summed E-state index contributed by atoms with van der Waals surface area (Å²) in [6.45, 7) is 10.8. The standard InChI is InChI=1S/C34H34ClF2N7O2S/c1-4-25(45)43-15-19(3)44(16-18(43)2)32-21-13-23(35)27(20-7-8-24(36)30-26(20)22(14-38)31(39)47-30)28(37)29(21)40-33(41-32)46-17-34-9-5-11-42(34)12-6-10-34/h4,7-8,13,18-19H,1,5-6,9-12,15-17,39H2,2-3H3. The van der Waals surface area contributed by atoms with E-state index < -0.39 is 11.6 Å². The van der Waals surface area contributed by atoms with Crippen LogP contribution in [0.5, 0.6) is 6.01 Å². The van der Waals surface area contributed by atoms with Gasteiger partial charge in [-0.2, -0.15) is 15.2 Å². The number of hydrogen-bond acceptors (Lipinski definition) is 9. The van der Waals surface area contributed by atoms with Gasteiger partial charge in [0.2, 0.25) is 5.91 Å². The highest BCUT2D eigenvalue weighted by atomic mass is 35.5. The predicted octanol–water partition coefficient (Wildman–Crippen LogP) is 6.52. The predicted molar refractivity (Wildman–Crippen MR) is 181 cm³/mol. The van der Waals surface area contributed by atoms with E-state index >= 15 is 4.39 Å². The van der Waals surface area contributed by atoms with Gasteiger partial charge in [-0.05, 0) is 76.4 Å². The molecule has 2 N–H and O–H groups in total. The fourth-order valence-corrected chi connectivity index (χ4v) is 8.95. The van der Waals surface area contributed by atoms with Gasteiger partial charge in [-0.1, -0.05) is 24.2 Å². The first-order valence-corrected chi connectivity index (χ1v) is 16.9. The molecule has 2 aromatic heterocycles. The number of hydrogen-bond donors (Lipinski definition) is 1. The average molecular weight is 678 g/mol. The van der Waals surface area contributed by atoms with Crippen LogP contribution in [0.4, 0.5) is 19.6 Å². The summed E-state index contributed by atoms with van der Waals surface area (Å²) in [6, 6.07) is 5.95. The number of nitrogen functional groups attached to an aromatic ring is 1. The molecule has 244 valence electrons. The van der Waals surface area contributed by atoms with Crippen molar-refractivity contribution in [3.05, 3.63) is 53.1 Å². The molecule has 0 aliphatic carbocycles. The lowest BCUT2D eigenvalue weighted by molar-refractivity contribution is -0.128. The van der Waals surface area contributed by atoms with Crippen LogP contribution in [-0.4, -0.2) is 76.1 Å². The zero-order chi connectivity index (χ0) is 33.2. The highest BCUT2D eigenvalue weighted by Gasteiger charge is 2.45. The number of nitrogens with zero attached hydrogens (tertiary/aromatic N) is 6. The van der Waals surface area contributed by atoms with E-state index in [1.54, 1.807) is 11.0 Å². The zero-order valence-corrected chi connectivity index (χ0v) is 27.7. The molecule has 47 heavy (non-hydrogen) atoms. The molecule has 3 fully saturated rings. The van der Waals surface area contributed by atoms with Crippen molar-refractivity contribution in [2.75, 3.05) is 43.4 Å². The maximum atomic E-state index is 17.0. The molecule has 0 bridgehead atoms. The van der Waals surface area contributed by atoms with Gasteiger partial charge in [0, 0.05) is 41.5 Å². The van der Waals surface area contributed by atoms with E-state index in [0.717, 1.165) is 50.1 Å². The topological polar surface area (TPSA) is 112 Å². The Morgan fingerprint density at radius 2 is 1.98 bits per heavy atom.